The standard InChI is InChI=1S/C25H13Br4Cl2FN2O4/c26-18-16-17(19(27)21(29)20(18)28)25(38)34(24(16)37)33(23(36)13-3-1-2-4-14(13)31)15(9-10-30)22(35)11-5-7-12(32)8-6-11/h1-8,15H,9-10H2/t15-/m1/s1. The first kappa shape index (κ1) is 29.4. The molecule has 0 bridgehead atoms. The predicted molar refractivity (Wildman–Crippen MR) is 155 cm³/mol. The first-order chi connectivity index (χ1) is 18.0. The number of fused-ring (bicyclic) bond motifs is 1. The summed E-state index contributed by atoms with van der Waals surface area (Å²) >= 11 is 25.8. The van der Waals surface area contributed by atoms with Crippen molar-refractivity contribution >= 4 is 110 Å². The van der Waals surface area contributed by atoms with E-state index in [2.05, 4.69) is 63.7 Å². The van der Waals surface area contributed by atoms with Crippen molar-refractivity contribution in [3.8, 4) is 0 Å². The molecule has 1 atom stereocenters. The second-order valence-electron chi connectivity index (χ2n) is 7.92. The molecule has 38 heavy (non-hydrogen) atoms. The van der Waals surface area contributed by atoms with Crippen LogP contribution in [0.25, 0.3) is 0 Å². The van der Waals surface area contributed by atoms with Crippen molar-refractivity contribution in [3.05, 3.63) is 99.5 Å². The highest BCUT2D eigenvalue weighted by molar-refractivity contribution is 9.15. The van der Waals surface area contributed by atoms with Gasteiger partial charge in [0, 0.05) is 29.3 Å². The highest BCUT2D eigenvalue weighted by Crippen LogP contribution is 2.46. The van der Waals surface area contributed by atoms with Gasteiger partial charge in [-0.25, -0.2) is 9.40 Å². The Morgan fingerprint density at radius 2 is 1.39 bits per heavy atom. The van der Waals surface area contributed by atoms with Crippen LogP contribution in [0, 0.1) is 5.82 Å². The van der Waals surface area contributed by atoms with Crippen LogP contribution in [0.3, 0.4) is 0 Å². The second-order valence-corrected chi connectivity index (χ2v) is 11.9. The number of Topliss-reactive ketones (excluding diaryl/α,β-unsaturated/α-hetero) is 1. The molecule has 3 aromatic rings. The third-order valence-electron chi connectivity index (χ3n) is 5.72. The van der Waals surface area contributed by atoms with Crippen molar-refractivity contribution in [1.82, 2.24) is 10.0 Å². The molecule has 0 spiro atoms. The van der Waals surface area contributed by atoms with E-state index in [0.29, 0.717) is 14.0 Å². The van der Waals surface area contributed by atoms with E-state index in [0.717, 1.165) is 17.1 Å². The van der Waals surface area contributed by atoms with Gasteiger partial charge in [0.05, 0.1) is 21.7 Å². The number of carbonyl (C=O) groups is 4. The summed E-state index contributed by atoms with van der Waals surface area (Å²) in [6, 6.07) is 9.32. The molecule has 0 radical (unpaired) electrons. The number of hydrazine groups is 1. The van der Waals surface area contributed by atoms with Gasteiger partial charge in [-0.1, -0.05) is 23.7 Å². The number of ketones is 1. The molecule has 0 aromatic heterocycles. The van der Waals surface area contributed by atoms with E-state index in [4.69, 9.17) is 23.2 Å². The van der Waals surface area contributed by atoms with Crippen molar-refractivity contribution in [3.63, 3.8) is 0 Å². The van der Waals surface area contributed by atoms with E-state index in [1.165, 1.54) is 24.3 Å². The van der Waals surface area contributed by atoms with Crippen molar-refractivity contribution in [1.29, 1.82) is 0 Å². The van der Waals surface area contributed by atoms with Crippen LogP contribution in [0.4, 0.5) is 4.39 Å². The van der Waals surface area contributed by atoms with Gasteiger partial charge in [-0.15, -0.1) is 11.6 Å². The van der Waals surface area contributed by atoms with Gasteiger partial charge in [0.25, 0.3) is 17.7 Å². The Bertz CT molecular complexity index is 1460. The maximum atomic E-state index is 14.0. The quantitative estimate of drug-likeness (QED) is 0.0796. The molecule has 3 amide bonds. The minimum absolute atomic E-state index is 0.0206. The van der Waals surface area contributed by atoms with Crippen LogP contribution in [0.15, 0.2) is 66.4 Å². The molecule has 0 N–H and O–H groups in total. The molecule has 13 heteroatoms. The number of benzene rings is 3. The van der Waals surface area contributed by atoms with Gasteiger partial charge >= 0.3 is 0 Å². The van der Waals surface area contributed by atoms with Crippen LogP contribution >= 0.6 is 86.9 Å². The molecule has 0 saturated heterocycles. The summed E-state index contributed by atoms with van der Waals surface area (Å²) in [5, 5.41) is 1.47. The summed E-state index contributed by atoms with van der Waals surface area (Å²) in [7, 11) is 0. The number of nitrogens with zero attached hydrogens (tertiary/aromatic N) is 2. The lowest BCUT2D eigenvalue weighted by Crippen LogP contribution is -2.57. The SMILES string of the molecule is O=C(c1ccc(F)cc1)[C@@H](CCCl)N(C(=O)c1ccccc1Cl)N1C(=O)c2c(Br)c(Br)c(Br)c(Br)c2C1=O. The van der Waals surface area contributed by atoms with Crippen molar-refractivity contribution < 1.29 is 23.6 Å². The average molecular weight is 815 g/mol. The van der Waals surface area contributed by atoms with Crippen LogP contribution < -0.4 is 0 Å². The van der Waals surface area contributed by atoms with Crippen LogP contribution in [-0.4, -0.2) is 45.4 Å². The molecule has 1 aliphatic heterocycles. The summed E-state index contributed by atoms with van der Waals surface area (Å²) in [6.07, 6.45) is -0.128. The summed E-state index contributed by atoms with van der Waals surface area (Å²) < 4.78 is 15.0. The number of carbonyl (C=O) groups excluding carboxylic acids is 4. The summed E-state index contributed by atoms with van der Waals surface area (Å²) in [6.45, 7) is 0. The number of amides is 3. The Hall–Kier alpha value is -1.63. The maximum Gasteiger partial charge on any atom is 0.282 e. The molecule has 0 unspecified atom stereocenters. The number of imide groups is 1. The fourth-order valence-electron chi connectivity index (χ4n) is 3.94. The molecule has 0 saturated carbocycles. The molecule has 6 nitrogen and oxygen atoms in total. The zero-order valence-corrected chi connectivity index (χ0v) is 26.6. The number of rotatable bonds is 7. The average Bonchev–Trinajstić information content (AvgIpc) is 3.16. The predicted octanol–water partition coefficient (Wildman–Crippen LogP) is 8.06. The molecule has 0 aliphatic carbocycles. The fourth-order valence-corrected chi connectivity index (χ4v) is 6.82. The third kappa shape index (κ3) is 5.13. The minimum Gasteiger partial charge on any atom is -0.292 e. The van der Waals surface area contributed by atoms with Crippen LogP contribution in [0.2, 0.25) is 5.02 Å². The number of alkyl halides is 1. The van der Waals surface area contributed by atoms with E-state index >= 15 is 0 Å². The topological polar surface area (TPSA) is 74.8 Å². The van der Waals surface area contributed by atoms with Crippen molar-refractivity contribution in [2.75, 3.05) is 5.88 Å². The maximum absolute atomic E-state index is 14.0. The van der Waals surface area contributed by atoms with Gasteiger partial charge in [0.15, 0.2) is 5.78 Å². The largest absolute Gasteiger partial charge is 0.292 e. The minimum atomic E-state index is -1.41. The number of halogens is 7. The van der Waals surface area contributed by atoms with Gasteiger partial charge < -0.3 is 0 Å². The normalized spacial score (nSPS) is 13.5. The van der Waals surface area contributed by atoms with Crippen LogP contribution in [0.1, 0.15) is 47.9 Å². The summed E-state index contributed by atoms with van der Waals surface area (Å²) in [5.74, 6) is -3.89. The van der Waals surface area contributed by atoms with E-state index < -0.39 is 35.4 Å². The number of hydrogen-bond acceptors (Lipinski definition) is 4. The molecular weight excluding hydrogens is 802 g/mol. The first-order valence-electron chi connectivity index (χ1n) is 10.7. The smallest absolute Gasteiger partial charge is 0.282 e. The Morgan fingerprint density at radius 1 is 0.868 bits per heavy atom. The third-order valence-corrected chi connectivity index (χ3v) is 11.0. The molecule has 1 heterocycles. The van der Waals surface area contributed by atoms with Gasteiger partial charge in [0.1, 0.15) is 11.9 Å². The highest BCUT2D eigenvalue weighted by atomic mass is 79.9. The zero-order chi connectivity index (χ0) is 27.9. The Labute approximate surface area is 259 Å². The van der Waals surface area contributed by atoms with Gasteiger partial charge in [-0.2, -0.15) is 5.01 Å². The molecular formula is C25H13Br4Cl2FN2O4. The molecule has 0 fully saturated rings. The van der Waals surface area contributed by atoms with Gasteiger partial charge in [-0.05, 0) is 107 Å². The van der Waals surface area contributed by atoms with Gasteiger partial charge in [-0.3, -0.25) is 19.2 Å². The Kier molecular flexibility index (Phi) is 9.16. The van der Waals surface area contributed by atoms with Crippen LogP contribution in [-0.2, 0) is 0 Å². The van der Waals surface area contributed by atoms with E-state index in [1.807, 2.05) is 0 Å². The highest BCUT2D eigenvalue weighted by Gasteiger charge is 2.49. The molecule has 1 aliphatic rings. The summed E-state index contributed by atoms with van der Waals surface area (Å²) in [4.78, 5) is 55.3. The lowest BCUT2D eigenvalue weighted by atomic mass is 10.0. The van der Waals surface area contributed by atoms with Crippen LogP contribution in [0.5, 0.6) is 0 Å². The fraction of sp³-hybridized carbons (Fsp3) is 0.120. The van der Waals surface area contributed by atoms with Crippen molar-refractivity contribution in [2.24, 2.45) is 0 Å². The number of hydrogen-bond donors (Lipinski definition) is 0. The first-order valence-corrected chi connectivity index (χ1v) is 14.8. The second kappa shape index (κ2) is 11.9. The molecule has 196 valence electrons. The Morgan fingerprint density at radius 3 is 1.89 bits per heavy atom. The monoisotopic (exact) mass is 810 g/mol. The molecule has 3 aromatic carbocycles. The summed E-state index contributed by atoms with van der Waals surface area (Å²) in [5.41, 5.74) is -0.0267. The van der Waals surface area contributed by atoms with E-state index in [9.17, 15) is 23.6 Å². The van der Waals surface area contributed by atoms with Gasteiger partial charge in [0.2, 0.25) is 0 Å². The molecule has 4 rings (SSSR count). The van der Waals surface area contributed by atoms with E-state index in [-0.39, 0.29) is 48.5 Å². The van der Waals surface area contributed by atoms with E-state index in [1.54, 1.807) is 12.1 Å². The Balaban J connectivity index is 1.94. The van der Waals surface area contributed by atoms with Crippen molar-refractivity contribution in [2.45, 2.75) is 12.5 Å². The lowest BCUT2D eigenvalue weighted by molar-refractivity contribution is -0.00964. The lowest BCUT2D eigenvalue weighted by Gasteiger charge is -2.36. The zero-order valence-electron chi connectivity index (χ0n) is 18.8.